The van der Waals surface area contributed by atoms with Gasteiger partial charge >= 0.3 is 37.7 Å². The van der Waals surface area contributed by atoms with E-state index in [0.29, 0.717) is 0 Å². The van der Waals surface area contributed by atoms with Gasteiger partial charge < -0.3 is 25.2 Å². The van der Waals surface area contributed by atoms with Crippen molar-refractivity contribution in [3.05, 3.63) is 0 Å². The van der Waals surface area contributed by atoms with E-state index >= 15 is 0 Å². The van der Waals surface area contributed by atoms with Crippen molar-refractivity contribution in [1.82, 2.24) is 0 Å². The predicted octanol–water partition coefficient (Wildman–Crippen LogP) is -2.98. The quantitative estimate of drug-likeness (QED) is 0.288. The van der Waals surface area contributed by atoms with Gasteiger partial charge in [0.25, 0.3) is 0 Å². The molecule has 0 radical (unpaired) electrons. The molecule has 0 spiro atoms. The first-order chi connectivity index (χ1) is 7.31. The van der Waals surface area contributed by atoms with E-state index in [1.165, 1.54) is 0 Å². The van der Waals surface area contributed by atoms with Crippen LogP contribution >= 0.6 is 0 Å². The molecule has 0 amide bonds. The fourth-order valence-corrected chi connectivity index (χ4v) is 0.913. The molecule has 0 aromatic heterocycles. The summed E-state index contributed by atoms with van der Waals surface area (Å²) in [7, 11) is 0. The Labute approximate surface area is 109 Å². The molecule has 4 N–H and O–H groups in total. The number of carboxylic acids is 2. The Kier molecular flexibility index (Phi) is 8.75. The Morgan fingerprint density at radius 3 is 2.00 bits per heavy atom. The summed E-state index contributed by atoms with van der Waals surface area (Å²) in [5, 5.41) is 34.7. The monoisotopic (exact) mass is 308 g/mol. The van der Waals surface area contributed by atoms with Crippen molar-refractivity contribution in [3.8, 4) is 0 Å². The molecule has 98 valence electrons. The summed E-state index contributed by atoms with van der Waals surface area (Å²) in [4.78, 5) is 31.8. The van der Waals surface area contributed by atoms with Crippen molar-refractivity contribution in [2.24, 2.45) is 0 Å². The SMILES string of the molecule is O=C(O)CC(O)(CC(=O)OCCO)C(=O)O.[GaH3]. The molecule has 0 aliphatic carbocycles. The van der Waals surface area contributed by atoms with E-state index in [9.17, 15) is 19.5 Å². The molecule has 9 heteroatoms. The van der Waals surface area contributed by atoms with Gasteiger partial charge in [-0.2, -0.15) is 0 Å². The molecule has 1 atom stereocenters. The average molecular weight is 309 g/mol. The maximum atomic E-state index is 11.0. The number of esters is 1. The third-order valence-corrected chi connectivity index (χ3v) is 1.63. The molecular formula is C8H15GaO8. The van der Waals surface area contributed by atoms with E-state index in [1.54, 1.807) is 0 Å². The van der Waals surface area contributed by atoms with Gasteiger partial charge in [0.15, 0.2) is 5.60 Å². The summed E-state index contributed by atoms with van der Waals surface area (Å²) >= 11 is 0. The van der Waals surface area contributed by atoms with E-state index in [-0.39, 0.29) is 26.4 Å². The Bertz CT molecular complexity index is 291. The zero-order valence-corrected chi connectivity index (χ0v) is 8.25. The van der Waals surface area contributed by atoms with Crippen LogP contribution in [0.1, 0.15) is 12.8 Å². The number of ether oxygens (including phenoxy) is 1. The summed E-state index contributed by atoms with van der Waals surface area (Å²) in [6, 6.07) is 0. The average Bonchev–Trinajstić information content (AvgIpc) is 2.12. The standard InChI is InChI=1S/C8H12O8.Ga.3H/c9-1-2-16-6(12)4-8(15,7(13)14)3-5(10)11;;;;/h9,15H,1-4H2,(H,10,11)(H,13,14);;;;. The van der Waals surface area contributed by atoms with Crippen LogP contribution in [0.5, 0.6) is 0 Å². The van der Waals surface area contributed by atoms with E-state index in [4.69, 9.17) is 15.3 Å². The number of carboxylic acid groups (broad SMARTS) is 2. The van der Waals surface area contributed by atoms with Crippen molar-refractivity contribution >= 4 is 37.7 Å². The first-order valence-corrected chi connectivity index (χ1v) is 4.26. The molecule has 0 saturated carbocycles. The van der Waals surface area contributed by atoms with Crippen LogP contribution < -0.4 is 0 Å². The number of hydrogen-bond acceptors (Lipinski definition) is 6. The number of aliphatic hydroxyl groups excluding tert-OH is 1. The molecule has 0 aliphatic heterocycles. The molecule has 0 saturated heterocycles. The van der Waals surface area contributed by atoms with Gasteiger partial charge in [-0.1, -0.05) is 0 Å². The van der Waals surface area contributed by atoms with E-state index in [1.807, 2.05) is 0 Å². The van der Waals surface area contributed by atoms with Gasteiger partial charge in [0.05, 0.1) is 19.4 Å². The Morgan fingerprint density at radius 2 is 1.65 bits per heavy atom. The molecular weight excluding hydrogens is 294 g/mol. The summed E-state index contributed by atoms with van der Waals surface area (Å²) in [5.74, 6) is -4.48. The fourth-order valence-electron chi connectivity index (χ4n) is 0.913. The van der Waals surface area contributed by atoms with Gasteiger partial charge in [-0.15, -0.1) is 0 Å². The molecule has 0 aliphatic rings. The van der Waals surface area contributed by atoms with Crippen LogP contribution in [0.15, 0.2) is 0 Å². The Balaban J connectivity index is 0. The molecule has 0 aromatic carbocycles. The van der Waals surface area contributed by atoms with Crippen LogP contribution in [0.25, 0.3) is 0 Å². The van der Waals surface area contributed by atoms with Gasteiger partial charge in [0, 0.05) is 0 Å². The van der Waals surface area contributed by atoms with Gasteiger partial charge in [-0.3, -0.25) is 9.59 Å². The van der Waals surface area contributed by atoms with E-state index in [2.05, 4.69) is 4.74 Å². The van der Waals surface area contributed by atoms with Crippen molar-refractivity contribution in [2.45, 2.75) is 18.4 Å². The second kappa shape index (κ2) is 8.12. The van der Waals surface area contributed by atoms with Gasteiger partial charge in [0.2, 0.25) is 0 Å². The maximum absolute atomic E-state index is 11.0. The third-order valence-electron chi connectivity index (χ3n) is 1.63. The predicted molar refractivity (Wildman–Crippen MR) is 57.4 cm³/mol. The molecule has 17 heavy (non-hydrogen) atoms. The Hall–Kier alpha value is -1.03. The van der Waals surface area contributed by atoms with E-state index in [0.717, 1.165) is 0 Å². The zero-order chi connectivity index (χ0) is 12.8. The number of carbonyl (C=O) groups excluding carboxylic acids is 1. The molecule has 0 bridgehead atoms. The third kappa shape index (κ3) is 6.99. The molecule has 0 aromatic rings. The Morgan fingerprint density at radius 1 is 1.12 bits per heavy atom. The van der Waals surface area contributed by atoms with Crippen LogP contribution in [-0.2, 0) is 19.1 Å². The van der Waals surface area contributed by atoms with Crippen LogP contribution in [0.4, 0.5) is 0 Å². The molecule has 8 nitrogen and oxygen atoms in total. The fraction of sp³-hybridized carbons (Fsp3) is 0.625. The second-order valence-electron chi connectivity index (χ2n) is 3.03. The summed E-state index contributed by atoms with van der Waals surface area (Å²) in [6.45, 7) is -0.794. The minimum atomic E-state index is -2.70. The molecule has 0 rings (SSSR count). The topological polar surface area (TPSA) is 141 Å². The van der Waals surface area contributed by atoms with Gasteiger partial charge in [-0.05, 0) is 0 Å². The summed E-state index contributed by atoms with van der Waals surface area (Å²) in [5.41, 5.74) is -2.70. The summed E-state index contributed by atoms with van der Waals surface area (Å²) < 4.78 is 4.31. The van der Waals surface area contributed by atoms with Crippen LogP contribution in [0, 0.1) is 0 Å². The number of carbonyl (C=O) groups is 3. The van der Waals surface area contributed by atoms with Crippen LogP contribution in [0.3, 0.4) is 0 Å². The normalized spacial score (nSPS) is 13.1. The van der Waals surface area contributed by atoms with Crippen molar-refractivity contribution in [1.29, 1.82) is 0 Å². The zero-order valence-electron chi connectivity index (χ0n) is 8.25. The molecule has 1 unspecified atom stereocenters. The second-order valence-corrected chi connectivity index (χ2v) is 3.03. The van der Waals surface area contributed by atoms with Crippen molar-refractivity contribution < 1.29 is 39.5 Å². The van der Waals surface area contributed by atoms with Crippen molar-refractivity contribution in [2.75, 3.05) is 13.2 Å². The van der Waals surface area contributed by atoms with Gasteiger partial charge in [-0.25, -0.2) is 4.79 Å². The van der Waals surface area contributed by atoms with Crippen LogP contribution in [-0.4, -0.2) is 76.9 Å². The minimum absolute atomic E-state index is 0. The van der Waals surface area contributed by atoms with E-state index < -0.39 is 43.0 Å². The first kappa shape index (κ1) is 18.3. The molecule has 0 heterocycles. The first-order valence-electron chi connectivity index (χ1n) is 4.26. The summed E-state index contributed by atoms with van der Waals surface area (Å²) in [6.07, 6.45) is -2.11. The number of aliphatic hydroxyl groups is 2. The van der Waals surface area contributed by atoms with Crippen molar-refractivity contribution in [3.63, 3.8) is 0 Å². The molecule has 0 fully saturated rings. The van der Waals surface area contributed by atoms with Gasteiger partial charge in [0.1, 0.15) is 6.61 Å². The number of hydrogen-bond donors (Lipinski definition) is 4. The number of rotatable bonds is 7. The van der Waals surface area contributed by atoms with Crippen LogP contribution in [0.2, 0.25) is 0 Å². The number of aliphatic carboxylic acids is 2.